The highest BCUT2D eigenvalue weighted by atomic mass is 32.2. The van der Waals surface area contributed by atoms with E-state index in [1.807, 2.05) is 19.9 Å². The molecule has 0 heterocycles. The third-order valence-corrected chi connectivity index (χ3v) is 5.73. The number of nitro groups is 1. The highest BCUT2D eigenvalue weighted by Crippen LogP contribution is 2.25. The summed E-state index contributed by atoms with van der Waals surface area (Å²) in [6.07, 6.45) is 0. The monoisotopic (exact) mass is 377 g/mol. The second kappa shape index (κ2) is 7.22. The Labute approximate surface area is 151 Å². The standard InChI is InChI=1S/C17H19N3O5S/c1-10-9-11(2)13(4)16(12(10)3)26(24,25)19-18-17(21)14-5-7-15(8-6-14)20(22)23/h5-9,19H,1-4H3,(H,18,21). The van der Waals surface area contributed by atoms with Gasteiger partial charge in [-0.1, -0.05) is 6.07 Å². The zero-order valence-corrected chi connectivity index (χ0v) is 15.6. The van der Waals surface area contributed by atoms with E-state index in [-0.39, 0.29) is 16.1 Å². The Morgan fingerprint density at radius 3 is 1.96 bits per heavy atom. The van der Waals surface area contributed by atoms with Gasteiger partial charge in [-0.2, -0.15) is 0 Å². The van der Waals surface area contributed by atoms with Gasteiger partial charge in [-0.05, 0) is 62.1 Å². The van der Waals surface area contributed by atoms with Crippen molar-refractivity contribution in [2.24, 2.45) is 0 Å². The summed E-state index contributed by atoms with van der Waals surface area (Å²) < 4.78 is 25.3. The van der Waals surface area contributed by atoms with Gasteiger partial charge < -0.3 is 0 Å². The van der Waals surface area contributed by atoms with Crippen LogP contribution in [0.15, 0.2) is 35.2 Å². The molecule has 0 unspecified atom stereocenters. The fourth-order valence-corrected chi connectivity index (χ4v) is 4.01. The minimum absolute atomic E-state index is 0.0900. The molecule has 138 valence electrons. The highest BCUT2D eigenvalue weighted by molar-refractivity contribution is 7.89. The van der Waals surface area contributed by atoms with Crippen LogP contribution in [-0.4, -0.2) is 19.2 Å². The van der Waals surface area contributed by atoms with Crippen LogP contribution in [0.2, 0.25) is 0 Å². The Morgan fingerprint density at radius 1 is 1.00 bits per heavy atom. The van der Waals surface area contributed by atoms with Crippen molar-refractivity contribution in [3.05, 3.63) is 68.3 Å². The van der Waals surface area contributed by atoms with Crippen molar-refractivity contribution in [3.63, 3.8) is 0 Å². The average molecular weight is 377 g/mol. The minimum Gasteiger partial charge on any atom is -0.273 e. The predicted molar refractivity (Wildman–Crippen MR) is 96.3 cm³/mol. The number of carbonyl (C=O) groups excluding carboxylic acids is 1. The summed E-state index contributed by atoms with van der Waals surface area (Å²) in [5.41, 5.74) is 4.92. The number of nitrogens with zero attached hydrogens (tertiary/aromatic N) is 1. The van der Waals surface area contributed by atoms with Gasteiger partial charge in [0.1, 0.15) is 0 Å². The second-order valence-corrected chi connectivity index (χ2v) is 7.57. The molecule has 1 amide bonds. The van der Waals surface area contributed by atoms with E-state index in [4.69, 9.17) is 0 Å². The fourth-order valence-electron chi connectivity index (χ4n) is 2.56. The van der Waals surface area contributed by atoms with Crippen LogP contribution in [0.1, 0.15) is 32.6 Å². The number of non-ortho nitro benzene ring substituents is 1. The molecule has 2 aromatic carbocycles. The number of benzene rings is 2. The molecule has 0 spiro atoms. The molecule has 26 heavy (non-hydrogen) atoms. The van der Waals surface area contributed by atoms with Gasteiger partial charge in [0.05, 0.1) is 9.82 Å². The summed E-state index contributed by atoms with van der Waals surface area (Å²) in [7, 11) is -3.98. The van der Waals surface area contributed by atoms with Crippen LogP contribution in [0.5, 0.6) is 0 Å². The normalized spacial score (nSPS) is 11.2. The Morgan fingerprint density at radius 2 is 1.50 bits per heavy atom. The summed E-state index contributed by atoms with van der Waals surface area (Å²) in [6, 6.07) is 6.73. The van der Waals surface area contributed by atoms with Crippen molar-refractivity contribution in [1.82, 2.24) is 10.3 Å². The molecule has 0 saturated carbocycles. The number of nitro benzene ring substituents is 1. The maximum atomic E-state index is 12.6. The Hall–Kier alpha value is -2.78. The Bertz CT molecular complexity index is 956. The first kappa shape index (κ1) is 19.5. The summed E-state index contributed by atoms with van der Waals surface area (Å²) in [5.74, 6) is -0.719. The molecule has 0 radical (unpaired) electrons. The topological polar surface area (TPSA) is 118 Å². The van der Waals surface area contributed by atoms with E-state index in [9.17, 15) is 23.3 Å². The average Bonchev–Trinajstić information content (AvgIpc) is 2.58. The number of hydrogen-bond donors (Lipinski definition) is 2. The number of aryl methyl sites for hydroxylation is 2. The molecule has 2 aromatic rings. The quantitative estimate of drug-likeness (QED) is 0.613. The van der Waals surface area contributed by atoms with Crippen LogP contribution in [0.4, 0.5) is 5.69 Å². The van der Waals surface area contributed by atoms with Crippen molar-refractivity contribution in [3.8, 4) is 0 Å². The zero-order chi connectivity index (χ0) is 19.6. The number of carbonyl (C=O) groups is 1. The summed E-state index contributed by atoms with van der Waals surface area (Å²) in [5, 5.41) is 10.6. The van der Waals surface area contributed by atoms with Crippen LogP contribution in [0, 0.1) is 37.8 Å². The number of hydrazine groups is 1. The van der Waals surface area contributed by atoms with Gasteiger partial charge in [0.25, 0.3) is 21.6 Å². The second-order valence-electron chi connectivity index (χ2n) is 5.95. The largest absolute Gasteiger partial charge is 0.273 e. The summed E-state index contributed by atoms with van der Waals surface area (Å²) >= 11 is 0. The molecule has 9 heteroatoms. The van der Waals surface area contributed by atoms with Gasteiger partial charge in [0.15, 0.2) is 0 Å². The van der Waals surface area contributed by atoms with Crippen LogP contribution in [0.3, 0.4) is 0 Å². The van der Waals surface area contributed by atoms with Gasteiger partial charge in [-0.3, -0.25) is 20.3 Å². The van der Waals surface area contributed by atoms with E-state index in [2.05, 4.69) is 10.3 Å². The van der Waals surface area contributed by atoms with Gasteiger partial charge in [-0.15, -0.1) is 4.83 Å². The van der Waals surface area contributed by atoms with E-state index in [0.29, 0.717) is 11.1 Å². The minimum atomic E-state index is -3.98. The van der Waals surface area contributed by atoms with Crippen LogP contribution in [0.25, 0.3) is 0 Å². The van der Waals surface area contributed by atoms with Crippen molar-refractivity contribution < 1.29 is 18.1 Å². The van der Waals surface area contributed by atoms with E-state index in [1.54, 1.807) is 13.8 Å². The molecule has 0 aliphatic rings. The molecule has 2 N–H and O–H groups in total. The first-order valence-electron chi connectivity index (χ1n) is 7.68. The maximum Gasteiger partial charge on any atom is 0.269 e. The molecule has 8 nitrogen and oxygen atoms in total. The molecule has 0 aromatic heterocycles. The van der Waals surface area contributed by atoms with Gasteiger partial charge in [0.2, 0.25) is 0 Å². The summed E-state index contributed by atoms with van der Waals surface area (Å²) in [6.45, 7) is 7.04. The molecule has 0 aliphatic carbocycles. The van der Waals surface area contributed by atoms with Crippen molar-refractivity contribution in [2.75, 3.05) is 0 Å². The van der Waals surface area contributed by atoms with Gasteiger partial charge in [0, 0.05) is 17.7 Å². The van der Waals surface area contributed by atoms with E-state index in [0.717, 1.165) is 11.1 Å². The van der Waals surface area contributed by atoms with Crippen LogP contribution < -0.4 is 10.3 Å². The number of nitrogens with one attached hydrogen (secondary N) is 2. The Balaban J connectivity index is 2.23. The number of hydrogen-bond acceptors (Lipinski definition) is 5. The lowest BCUT2D eigenvalue weighted by Crippen LogP contribution is -2.42. The molecule has 0 bridgehead atoms. The highest BCUT2D eigenvalue weighted by Gasteiger charge is 2.23. The van der Waals surface area contributed by atoms with Gasteiger partial charge in [-0.25, -0.2) is 8.42 Å². The smallest absolute Gasteiger partial charge is 0.269 e. The molecule has 0 fully saturated rings. The molecular formula is C17H19N3O5S. The lowest BCUT2D eigenvalue weighted by atomic mass is 10.0. The number of rotatable bonds is 5. The predicted octanol–water partition coefficient (Wildman–Crippen LogP) is 2.45. The molecule has 0 saturated heterocycles. The molecule has 0 aliphatic heterocycles. The fraction of sp³-hybridized carbons (Fsp3) is 0.235. The Kier molecular flexibility index (Phi) is 5.43. The van der Waals surface area contributed by atoms with E-state index < -0.39 is 20.9 Å². The molecule has 2 rings (SSSR count). The molecular weight excluding hydrogens is 358 g/mol. The third-order valence-electron chi connectivity index (χ3n) is 4.21. The first-order valence-corrected chi connectivity index (χ1v) is 9.17. The van der Waals surface area contributed by atoms with E-state index >= 15 is 0 Å². The number of sulfonamides is 1. The van der Waals surface area contributed by atoms with Crippen molar-refractivity contribution in [1.29, 1.82) is 0 Å². The van der Waals surface area contributed by atoms with E-state index in [1.165, 1.54) is 24.3 Å². The van der Waals surface area contributed by atoms with Gasteiger partial charge >= 0.3 is 0 Å². The third kappa shape index (κ3) is 3.89. The number of amides is 1. The zero-order valence-electron chi connectivity index (χ0n) is 14.8. The SMILES string of the molecule is Cc1cc(C)c(C)c(S(=O)(=O)NNC(=O)c2ccc([N+](=O)[O-])cc2)c1C. The van der Waals surface area contributed by atoms with Crippen molar-refractivity contribution >= 4 is 21.6 Å². The summed E-state index contributed by atoms with van der Waals surface area (Å²) in [4.78, 5) is 24.4. The first-order chi connectivity index (χ1) is 12.0. The molecule has 0 atom stereocenters. The van der Waals surface area contributed by atoms with Crippen LogP contribution >= 0.6 is 0 Å². The lowest BCUT2D eigenvalue weighted by Gasteiger charge is -2.16. The van der Waals surface area contributed by atoms with Crippen LogP contribution in [-0.2, 0) is 10.0 Å². The lowest BCUT2D eigenvalue weighted by molar-refractivity contribution is -0.384. The maximum absolute atomic E-state index is 12.6. The van der Waals surface area contributed by atoms with Crippen molar-refractivity contribution in [2.45, 2.75) is 32.6 Å².